The molecule has 50 valence electrons. The maximum absolute atomic E-state index is 8.84. The standard InChI is InChI=1S/2H2O.4O.2Zn.2Zr/h2*1H2;;;;;;;;/q;;;;2*-1;;+2;;+2/p-2. The minimum absolute atomic E-state index is 0. The summed E-state index contributed by atoms with van der Waals surface area (Å²) in [6.45, 7) is 0. The Hall–Kier alpha value is 2.45. The molecule has 6 nitrogen and oxygen atoms in total. The van der Waals surface area contributed by atoms with E-state index in [0.717, 1.165) is 0 Å². The first kappa shape index (κ1) is 22.9. The summed E-state index contributed by atoms with van der Waals surface area (Å²) in [5.74, 6) is 0. The molecule has 2 N–H and O–H groups in total. The summed E-state index contributed by atoms with van der Waals surface area (Å²) in [5, 5.41) is 0. The second-order valence-corrected chi connectivity index (χ2v) is 3.15. The molecule has 0 aliphatic carbocycles. The second-order valence-electron chi connectivity index (χ2n) is 0.533. The van der Waals surface area contributed by atoms with Gasteiger partial charge in [-0.15, -0.1) is 0 Å². The maximum Gasteiger partial charge on any atom is 2.00 e. The molecule has 10 heavy (non-hydrogen) atoms. The van der Waals surface area contributed by atoms with Crippen LogP contribution in [-0.4, -0.2) is 6.37 Å². The van der Waals surface area contributed by atoms with E-state index in [1.54, 1.807) is 0 Å². The summed E-state index contributed by atoms with van der Waals surface area (Å²) in [5.41, 5.74) is 0. The van der Waals surface area contributed by atoms with Crippen LogP contribution in [0, 0.1) is 0 Å². The van der Waals surface area contributed by atoms with Gasteiger partial charge in [0.1, 0.15) is 0 Å². The molecule has 0 spiro atoms. The van der Waals surface area contributed by atoms with Gasteiger partial charge in [0.15, 0.2) is 0 Å². The van der Waals surface area contributed by atoms with Crippen molar-refractivity contribution in [3.8, 4) is 0 Å². The van der Waals surface area contributed by atoms with E-state index < -0.39 is 45.3 Å². The van der Waals surface area contributed by atoms with Gasteiger partial charge in [0.2, 0.25) is 0 Å². The molecule has 0 bridgehead atoms. The van der Waals surface area contributed by atoms with Gasteiger partial charge in [0.25, 0.3) is 0 Å². The number of hydrogen-bond acceptors (Lipinski definition) is 4. The average Bonchev–Trinajstić information content (AvgIpc) is 1.25. The van der Waals surface area contributed by atoms with Crippen LogP contribution >= 0.6 is 0 Å². The zero-order chi connectivity index (χ0) is 7.15. The third-order valence-corrected chi connectivity index (χ3v) is 0. The summed E-state index contributed by atoms with van der Waals surface area (Å²) in [6, 6.07) is 0. The van der Waals surface area contributed by atoms with Gasteiger partial charge in [0.05, 0.1) is 0 Å². The third kappa shape index (κ3) is 155. The molecule has 0 unspecified atom stereocenters. The fourth-order valence-corrected chi connectivity index (χ4v) is 0. The molecule has 0 radical (unpaired) electrons. The zero-order valence-electron chi connectivity index (χ0n) is 4.94. The van der Waals surface area contributed by atoms with Crippen LogP contribution in [0.5, 0.6) is 0 Å². The molecule has 0 atom stereocenters. The van der Waals surface area contributed by atoms with E-state index >= 15 is 0 Å². The molecule has 0 aromatic carbocycles. The first-order chi connectivity index (χ1) is 3.46. The molecular formula is H2O6Zn2Zr2. The van der Waals surface area contributed by atoms with Crippen molar-refractivity contribution in [2.75, 3.05) is 0 Å². The van der Waals surface area contributed by atoms with Gasteiger partial charge in [-0.2, -0.15) is 0 Å². The third-order valence-electron chi connectivity index (χ3n) is 0. The monoisotopic (exact) mass is 406 g/mol. The van der Waals surface area contributed by atoms with Crippen molar-refractivity contribution in [1.29, 1.82) is 0 Å². The van der Waals surface area contributed by atoms with Gasteiger partial charge < -0.3 is 0 Å². The number of rotatable bonds is 0. The van der Waals surface area contributed by atoms with E-state index in [1.807, 2.05) is 0 Å². The van der Waals surface area contributed by atoms with E-state index in [0.29, 0.717) is 0 Å². The van der Waals surface area contributed by atoms with Crippen LogP contribution in [0.25, 0.3) is 0 Å². The summed E-state index contributed by atoms with van der Waals surface area (Å²) >= 11 is -8.09. The quantitative estimate of drug-likeness (QED) is 0.396. The Morgan fingerprint density at radius 3 is 1.10 bits per heavy atom. The van der Waals surface area contributed by atoms with Crippen molar-refractivity contribution in [3.05, 3.63) is 0 Å². The smallest absolute Gasteiger partial charge is 0 e. The molecule has 0 aromatic rings. The van der Waals surface area contributed by atoms with Crippen LogP contribution in [0.3, 0.4) is 0 Å². The molecule has 0 rings (SSSR count). The van der Waals surface area contributed by atoms with Crippen molar-refractivity contribution in [3.63, 3.8) is 0 Å². The Kier molecular flexibility index (Phi) is 40.0. The van der Waals surface area contributed by atoms with E-state index in [9.17, 15) is 0 Å². The molecule has 0 aromatic heterocycles. The van der Waals surface area contributed by atoms with Gasteiger partial charge in [-0.25, -0.2) is 0 Å². The predicted molar refractivity (Wildman–Crippen MR) is 5.81 cm³/mol. The minimum Gasteiger partial charge on any atom is 0 e. The summed E-state index contributed by atoms with van der Waals surface area (Å²) in [4.78, 5) is 0. The van der Waals surface area contributed by atoms with Crippen molar-refractivity contribution < 1.29 is 103 Å². The van der Waals surface area contributed by atoms with Gasteiger partial charge in [-0.1, -0.05) is 0 Å². The largest absolute Gasteiger partial charge is 2.00 e. The van der Waals surface area contributed by atoms with Crippen LogP contribution in [0.1, 0.15) is 0 Å². The van der Waals surface area contributed by atoms with Crippen LogP contribution in [-0.2, 0) is 89.9 Å². The molecule has 10 heteroatoms. The Bertz CT molecular complexity index is 71.7. The second kappa shape index (κ2) is 17.5. The van der Waals surface area contributed by atoms with E-state index in [4.69, 9.17) is 18.4 Å². The normalized spacial score (nSPS) is 5.20. The molecule has 0 fully saturated rings. The zero-order valence-corrected chi connectivity index (χ0v) is 15.8. The Labute approximate surface area is 101 Å². The van der Waals surface area contributed by atoms with Crippen molar-refractivity contribution in [2.45, 2.75) is 0 Å². The Morgan fingerprint density at radius 1 is 1.10 bits per heavy atom. The van der Waals surface area contributed by atoms with E-state index in [2.05, 4.69) is 0 Å². The van der Waals surface area contributed by atoms with Gasteiger partial charge in [0, 0.05) is 19.5 Å². The van der Waals surface area contributed by atoms with Crippen molar-refractivity contribution in [2.24, 2.45) is 0 Å². The molecule has 0 amide bonds. The molecular weight excluding hydrogens is 409 g/mol. The molecule has 0 saturated carbocycles. The van der Waals surface area contributed by atoms with Crippen molar-refractivity contribution >= 4 is 0 Å². The molecule has 0 aliphatic rings. The Balaban J connectivity index is -0.0000000300. The topological polar surface area (TPSA) is 121 Å². The molecule has 0 saturated heterocycles. The van der Waals surface area contributed by atoms with Gasteiger partial charge >= 0.3 is 83.1 Å². The fourth-order valence-electron chi connectivity index (χ4n) is 0. The minimum atomic E-state index is -4.29. The van der Waals surface area contributed by atoms with Crippen molar-refractivity contribution in [1.82, 2.24) is 0 Å². The molecule has 0 heterocycles. The van der Waals surface area contributed by atoms with E-state index in [1.165, 1.54) is 0 Å². The van der Waals surface area contributed by atoms with E-state index in [-0.39, 0.29) is 39.0 Å². The van der Waals surface area contributed by atoms with Crippen LogP contribution in [0.15, 0.2) is 0 Å². The van der Waals surface area contributed by atoms with Crippen LogP contribution in [0.4, 0.5) is 0 Å². The fraction of sp³-hybridized carbons (Fsp3) is 0. The Morgan fingerprint density at radius 2 is 1.10 bits per heavy atom. The molecule has 0 aliphatic heterocycles. The predicted octanol–water partition coefficient (Wildman–Crippen LogP) is -3.74. The first-order valence-electron chi connectivity index (χ1n) is 1.26. The summed E-state index contributed by atoms with van der Waals surface area (Å²) in [6.07, 6.45) is 0. The average molecular weight is 411 g/mol. The SMILES string of the molecule is [O]=[Zr]([O-])[O-].[O]=[Zr]([OH])[OH].[Zn+2].[Zn]. The van der Waals surface area contributed by atoms with Gasteiger partial charge in [-0.05, 0) is 0 Å². The first-order valence-corrected chi connectivity index (χ1v) is 7.48. The summed E-state index contributed by atoms with van der Waals surface area (Å²) in [7, 11) is 0. The van der Waals surface area contributed by atoms with Crippen LogP contribution in [0.2, 0.25) is 0 Å². The van der Waals surface area contributed by atoms with Gasteiger partial charge in [-0.3, -0.25) is 0 Å². The summed E-state index contributed by atoms with van der Waals surface area (Å²) < 4.78 is 49.2. The maximum atomic E-state index is 8.84. The van der Waals surface area contributed by atoms with Crippen LogP contribution < -0.4 is 6.37 Å². The number of hydrogen-bond donors (Lipinski definition) is 2.